The second kappa shape index (κ2) is 6.39. The fraction of sp³-hybridized carbons (Fsp3) is 0.647. The number of thioether (sulfide) groups is 1. The second-order valence-corrected chi connectivity index (χ2v) is 9.63. The van der Waals surface area contributed by atoms with Gasteiger partial charge >= 0.3 is 0 Å². The molecule has 21 heavy (non-hydrogen) atoms. The monoisotopic (exact) mass is 326 g/mol. The maximum absolute atomic E-state index is 6.53. The molecule has 2 rings (SSSR count). The maximum atomic E-state index is 6.53. The van der Waals surface area contributed by atoms with Crippen LogP contribution in [0.15, 0.2) is 18.2 Å². The van der Waals surface area contributed by atoms with Gasteiger partial charge in [-0.1, -0.05) is 17.7 Å². The van der Waals surface area contributed by atoms with E-state index < -0.39 is 0 Å². The molecular formula is C17H27ClN2S. The molecule has 118 valence electrons. The molecule has 1 N–H and O–H groups in total. The van der Waals surface area contributed by atoms with Gasteiger partial charge < -0.3 is 10.2 Å². The minimum atomic E-state index is 0.124. The predicted molar refractivity (Wildman–Crippen MR) is 96.8 cm³/mol. The lowest BCUT2D eigenvalue weighted by atomic mass is 10.1. The van der Waals surface area contributed by atoms with E-state index in [9.17, 15) is 0 Å². The number of hydrogen-bond donors (Lipinski definition) is 1. The Hall–Kier alpha value is -0.380. The highest BCUT2D eigenvalue weighted by atomic mass is 35.5. The predicted octanol–water partition coefficient (Wildman–Crippen LogP) is 4.56. The SMILES string of the molecule is CC(C)(C)NCc1ccc(N2CCSC(C)(C)C2)c(Cl)c1. The van der Waals surface area contributed by atoms with Crippen molar-refractivity contribution < 1.29 is 0 Å². The minimum absolute atomic E-state index is 0.124. The molecule has 4 heteroatoms. The van der Waals surface area contributed by atoms with E-state index in [-0.39, 0.29) is 5.54 Å². The summed E-state index contributed by atoms with van der Waals surface area (Å²) in [5.41, 5.74) is 2.54. The Morgan fingerprint density at radius 2 is 2.05 bits per heavy atom. The van der Waals surface area contributed by atoms with Crippen molar-refractivity contribution in [2.45, 2.75) is 51.4 Å². The molecule has 1 saturated heterocycles. The van der Waals surface area contributed by atoms with E-state index in [1.165, 1.54) is 11.3 Å². The van der Waals surface area contributed by atoms with Crippen molar-refractivity contribution in [3.05, 3.63) is 28.8 Å². The van der Waals surface area contributed by atoms with Gasteiger partial charge in [0, 0.05) is 35.7 Å². The lowest BCUT2D eigenvalue weighted by Crippen LogP contribution is -2.43. The molecule has 0 bridgehead atoms. The Morgan fingerprint density at radius 1 is 1.33 bits per heavy atom. The van der Waals surface area contributed by atoms with Crippen LogP contribution in [0.1, 0.15) is 40.2 Å². The van der Waals surface area contributed by atoms with Gasteiger partial charge in [-0.3, -0.25) is 0 Å². The van der Waals surface area contributed by atoms with Crippen LogP contribution in [-0.2, 0) is 6.54 Å². The Labute approximate surface area is 138 Å². The molecule has 0 aliphatic carbocycles. The summed E-state index contributed by atoms with van der Waals surface area (Å²) in [7, 11) is 0. The first-order valence-corrected chi connectivity index (χ1v) is 8.95. The van der Waals surface area contributed by atoms with Gasteiger partial charge in [0.1, 0.15) is 0 Å². The zero-order valence-corrected chi connectivity index (χ0v) is 15.4. The quantitative estimate of drug-likeness (QED) is 0.876. The number of anilines is 1. The van der Waals surface area contributed by atoms with Crippen LogP contribution in [0.2, 0.25) is 5.02 Å². The Morgan fingerprint density at radius 3 is 2.62 bits per heavy atom. The first-order chi connectivity index (χ1) is 9.66. The molecule has 0 unspecified atom stereocenters. The molecule has 1 fully saturated rings. The van der Waals surface area contributed by atoms with Crippen molar-refractivity contribution >= 4 is 29.1 Å². The van der Waals surface area contributed by atoms with Crippen molar-refractivity contribution in [3.63, 3.8) is 0 Å². The lowest BCUT2D eigenvalue weighted by molar-refractivity contribution is 0.424. The van der Waals surface area contributed by atoms with Crippen LogP contribution in [0.25, 0.3) is 0 Å². The molecular weight excluding hydrogens is 300 g/mol. The molecule has 0 saturated carbocycles. The molecule has 0 atom stereocenters. The van der Waals surface area contributed by atoms with E-state index in [1.54, 1.807) is 0 Å². The van der Waals surface area contributed by atoms with E-state index in [0.29, 0.717) is 4.75 Å². The van der Waals surface area contributed by atoms with Crippen molar-refractivity contribution in [3.8, 4) is 0 Å². The number of hydrogen-bond acceptors (Lipinski definition) is 3. The Kier molecular flexibility index (Phi) is 5.17. The fourth-order valence-electron chi connectivity index (χ4n) is 2.51. The van der Waals surface area contributed by atoms with Crippen molar-refractivity contribution in [2.24, 2.45) is 0 Å². The fourth-order valence-corrected chi connectivity index (χ4v) is 3.94. The third-order valence-electron chi connectivity index (χ3n) is 3.60. The standard InChI is InChI=1S/C17H27ClN2S/c1-16(2,3)19-11-13-6-7-15(14(18)10-13)20-8-9-21-17(4,5)12-20/h6-7,10,19H,8-9,11-12H2,1-5H3. The summed E-state index contributed by atoms with van der Waals surface area (Å²) < 4.78 is 0.300. The van der Waals surface area contributed by atoms with Gasteiger partial charge in [0.2, 0.25) is 0 Å². The summed E-state index contributed by atoms with van der Waals surface area (Å²) in [5, 5.41) is 4.37. The van der Waals surface area contributed by atoms with Gasteiger partial charge in [0.25, 0.3) is 0 Å². The van der Waals surface area contributed by atoms with Crippen LogP contribution in [0.5, 0.6) is 0 Å². The number of halogens is 1. The normalized spacial score (nSPS) is 18.9. The van der Waals surface area contributed by atoms with Crippen LogP contribution in [0, 0.1) is 0 Å². The number of rotatable bonds is 3. The van der Waals surface area contributed by atoms with Crippen LogP contribution in [-0.4, -0.2) is 29.1 Å². The van der Waals surface area contributed by atoms with Gasteiger partial charge in [-0.25, -0.2) is 0 Å². The Bertz CT molecular complexity index is 494. The van der Waals surface area contributed by atoms with Crippen molar-refractivity contribution in [1.82, 2.24) is 5.32 Å². The van der Waals surface area contributed by atoms with Crippen LogP contribution in [0.4, 0.5) is 5.69 Å². The van der Waals surface area contributed by atoms with Crippen LogP contribution >= 0.6 is 23.4 Å². The maximum Gasteiger partial charge on any atom is 0.0642 e. The molecule has 1 aromatic rings. The first-order valence-electron chi connectivity index (χ1n) is 7.59. The van der Waals surface area contributed by atoms with E-state index in [1.807, 2.05) is 11.8 Å². The van der Waals surface area contributed by atoms with E-state index in [2.05, 4.69) is 63.0 Å². The zero-order valence-electron chi connectivity index (χ0n) is 13.8. The third kappa shape index (κ3) is 5.08. The summed E-state index contributed by atoms with van der Waals surface area (Å²) in [5.74, 6) is 1.16. The van der Waals surface area contributed by atoms with Gasteiger partial charge in [0.15, 0.2) is 0 Å². The highest BCUT2D eigenvalue weighted by molar-refractivity contribution is 8.00. The van der Waals surface area contributed by atoms with Gasteiger partial charge in [-0.2, -0.15) is 11.8 Å². The highest BCUT2D eigenvalue weighted by Crippen LogP contribution is 2.35. The molecule has 0 amide bonds. The lowest BCUT2D eigenvalue weighted by Gasteiger charge is -2.39. The smallest absolute Gasteiger partial charge is 0.0642 e. The van der Waals surface area contributed by atoms with Crippen molar-refractivity contribution in [1.29, 1.82) is 0 Å². The molecule has 1 aromatic carbocycles. The zero-order chi connectivity index (χ0) is 15.7. The second-order valence-electron chi connectivity index (χ2n) is 7.42. The van der Waals surface area contributed by atoms with E-state index >= 15 is 0 Å². The molecule has 0 spiro atoms. The van der Waals surface area contributed by atoms with Crippen LogP contribution in [0.3, 0.4) is 0 Å². The molecule has 0 aromatic heterocycles. The highest BCUT2D eigenvalue weighted by Gasteiger charge is 2.28. The number of benzene rings is 1. The number of nitrogens with zero attached hydrogens (tertiary/aromatic N) is 1. The molecule has 1 aliphatic rings. The molecule has 1 heterocycles. The first kappa shape index (κ1) is 17.0. The summed E-state index contributed by atoms with van der Waals surface area (Å²) in [6.07, 6.45) is 0. The summed E-state index contributed by atoms with van der Waals surface area (Å²) >= 11 is 8.57. The largest absolute Gasteiger partial charge is 0.368 e. The summed E-state index contributed by atoms with van der Waals surface area (Å²) in [6.45, 7) is 14.1. The van der Waals surface area contributed by atoms with Crippen LogP contribution < -0.4 is 10.2 Å². The van der Waals surface area contributed by atoms with E-state index in [4.69, 9.17) is 11.6 Å². The van der Waals surface area contributed by atoms with Gasteiger partial charge in [0.05, 0.1) is 10.7 Å². The van der Waals surface area contributed by atoms with E-state index in [0.717, 1.165) is 30.4 Å². The molecule has 2 nitrogen and oxygen atoms in total. The third-order valence-corrected chi connectivity index (χ3v) is 5.20. The minimum Gasteiger partial charge on any atom is -0.368 e. The topological polar surface area (TPSA) is 15.3 Å². The van der Waals surface area contributed by atoms with Gasteiger partial charge in [-0.05, 0) is 52.3 Å². The molecule has 0 radical (unpaired) electrons. The summed E-state index contributed by atoms with van der Waals surface area (Å²) in [6, 6.07) is 6.47. The molecule has 1 aliphatic heterocycles. The van der Waals surface area contributed by atoms with Gasteiger partial charge in [-0.15, -0.1) is 0 Å². The number of nitrogens with one attached hydrogen (secondary N) is 1. The average Bonchev–Trinajstić information content (AvgIpc) is 2.34. The van der Waals surface area contributed by atoms with Crippen molar-refractivity contribution in [2.75, 3.05) is 23.7 Å². The summed E-state index contributed by atoms with van der Waals surface area (Å²) in [4.78, 5) is 2.42. The average molecular weight is 327 g/mol. The Balaban J connectivity index is 2.09.